The number of methoxy groups -OCH3 is 2. The third-order valence-electron chi connectivity index (χ3n) is 4.01. The Hall–Kier alpha value is -2.79. The molecule has 0 saturated carbocycles. The van der Waals surface area contributed by atoms with Gasteiger partial charge in [0.05, 0.1) is 26.4 Å². The predicted octanol–water partition coefficient (Wildman–Crippen LogP) is 3.93. The van der Waals surface area contributed by atoms with Crippen LogP contribution >= 0.6 is 0 Å². The van der Waals surface area contributed by atoms with E-state index in [4.69, 9.17) is 14.2 Å². The van der Waals surface area contributed by atoms with E-state index in [0.29, 0.717) is 23.7 Å². The molecule has 5 nitrogen and oxygen atoms in total. The molecule has 0 spiro atoms. The molecule has 27 heavy (non-hydrogen) atoms. The van der Waals surface area contributed by atoms with E-state index in [9.17, 15) is 4.79 Å². The maximum atomic E-state index is 12.6. The lowest BCUT2D eigenvalue weighted by Crippen LogP contribution is -2.15. The molecule has 0 aromatic heterocycles. The lowest BCUT2D eigenvalue weighted by Gasteiger charge is -2.12. The second-order valence-corrected chi connectivity index (χ2v) is 6.31. The van der Waals surface area contributed by atoms with Gasteiger partial charge in [-0.25, -0.2) is 0 Å². The lowest BCUT2D eigenvalue weighted by molar-refractivity contribution is 0.104. The third-order valence-corrected chi connectivity index (χ3v) is 4.01. The zero-order valence-corrected chi connectivity index (χ0v) is 16.4. The minimum atomic E-state index is -0.159. The molecule has 0 radical (unpaired) electrons. The van der Waals surface area contributed by atoms with Crippen LogP contribution in [0.25, 0.3) is 6.08 Å². The Bertz CT molecular complexity index is 784. The van der Waals surface area contributed by atoms with Crippen molar-refractivity contribution >= 4 is 11.9 Å². The molecule has 0 bridgehead atoms. The van der Waals surface area contributed by atoms with Crippen molar-refractivity contribution in [3.8, 4) is 17.2 Å². The van der Waals surface area contributed by atoms with E-state index in [-0.39, 0.29) is 5.78 Å². The number of rotatable bonds is 10. The minimum absolute atomic E-state index is 0.159. The van der Waals surface area contributed by atoms with Crippen molar-refractivity contribution in [3.63, 3.8) is 0 Å². The molecule has 0 fully saturated rings. The second-order valence-electron chi connectivity index (χ2n) is 6.31. The molecule has 5 heteroatoms. The quantitative estimate of drug-likeness (QED) is 0.361. The van der Waals surface area contributed by atoms with Crippen molar-refractivity contribution in [3.05, 3.63) is 59.7 Å². The lowest BCUT2D eigenvalue weighted by atomic mass is 10.1. The van der Waals surface area contributed by atoms with E-state index in [0.717, 1.165) is 24.3 Å². The highest BCUT2D eigenvalue weighted by molar-refractivity contribution is 6.09. The van der Waals surface area contributed by atoms with Gasteiger partial charge in [0, 0.05) is 12.1 Å². The van der Waals surface area contributed by atoms with E-state index in [2.05, 4.69) is 4.90 Å². The molecule has 0 heterocycles. The van der Waals surface area contributed by atoms with Gasteiger partial charge in [0.2, 0.25) is 0 Å². The van der Waals surface area contributed by atoms with E-state index in [1.165, 1.54) is 6.08 Å². The average molecular weight is 369 g/mol. The molecule has 0 aliphatic carbocycles. The summed E-state index contributed by atoms with van der Waals surface area (Å²) in [5.41, 5.74) is 1.31. The van der Waals surface area contributed by atoms with E-state index in [1.807, 2.05) is 38.4 Å². The summed E-state index contributed by atoms with van der Waals surface area (Å²) in [6.45, 7) is 1.59. The van der Waals surface area contributed by atoms with E-state index in [1.54, 1.807) is 38.5 Å². The molecule has 0 atom stereocenters. The molecule has 2 aromatic carbocycles. The van der Waals surface area contributed by atoms with E-state index < -0.39 is 0 Å². The number of nitrogens with zero attached hydrogens (tertiary/aromatic N) is 1. The van der Waals surface area contributed by atoms with Crippen LogP contribution in [0.15, 0.2) is 48.5 Å². The normalized spacial score (nSPS) is 11.0. The summed E-state index contributed by atoms with van der Waals surface area (Å²) in [4.78, 5) is 14.8. The van der Waals surface area contributed by atoms with Gasteiger partial charge in [-0.1, -0.05) is 18.2 Å². The number of carbonyl (C=O) groups excluding carboxylic acids is 1. The fourth-order valence-electron chi connectivity index (χ4n) is 2.57. The van der Waals surface area contributed by atoms with E-state index >= 15 is 0 Å². The van der Waals surface area contributed by atoms with Gasteiger partial charge in [0.25, 0.3) is 0 Å². The third kappa shape index (κ3) is 6.15. The van der Waals surface area contributed by atoms with Crippen molar-refractivity contribution in [2.24, 2.45) is 0 Å². The van der Waals surface area contributed by atoms with Gasteiger partial charge >= 0.3 is 0 Å². The zero-order chi connectivity index (χ0) is 19.6. The molecule has 0 unspecified atom stereocenters. The van der Waals surface area contributed by atoms with Crippen LogP contribution in [-0.2, 0) is 0 Å². The smallest absolute Gasteiger partial charge is 0.189 e. The number of ketones is 1. The second kappa shape index (κ2) is 10.4. The SMILES string of the molecule is COc1ccc(OC)c(C(=O)C=Cc2ccccc2OCCCN(C)C)c1. The Balaban J connectivity index is 2.12. The Morgan fingerprint density at radius 2 is 1.81 bits per heavy atom. The Morgan fingerprint density at radius 3 is 2.52 bits per heavy atom. The number of hydrogen-bond donors (Lipinski definition) is 0. The standard InChI is InChI=1S/C22H27NO4/c1-23(2)14-7-15-27-21-9-6-5-8-17(21)10-12-20(24)19-16-18(25-3)11-13-22(19)26-4/h5-6,8-13,16H,7,14-15H2,1-4H3. The van der Waals surface area contributed by atoms with Crippen molar-refractivity contribution in [1.29, 1.82) is 0 Å². The van der Waals surface area contributed by atoms with Crippen LogP contribution in [0, 0.1) is 0 Å². The number of ether oxygens (including phenoxy) is 3. The summed E-state index contributed by atoms with van der Waals surface area (Å²) >= 11 is 0. The summed E-state index contributed by atoms with van der Waals surface area (Å²) in [5, 5.41) is 0. The molecule has 0 aliphatic heterocycles. The van der Waals surface area contributed by atoms with Gasteiger partial charge in [-0.05, 0) is 56.9 Å². The topological polar surface area (TPSA) is 48.0 Å². The Labute approximate surface area is 161 Å². The fourth-order valence-corrected chi connectivity index (χ4v) is 2.57. The molecule has 0 amide bonds. The molecular formula is C22H27NO4. The minimum Gasteiger partial charge on any atom is -0.497 e. The maximum Gasteiger partial charge on any atom is 0.189 e. The molecule has 2 aromatic rings. The number of benzene rings is 2. The number of carbonyl (C=O) groups is 1. The maximum absolute atomic E-state index is 12.6. The van der Waals surface area contributed by atoms with Crippen LogP contribution in [0.2, 0.25) is 0 Å². The molecule has 144 valence electrons. The van der Waals surface area contributed by atoms with Gasteiger partial charge in [-0.2, -0.15) is 0 Å². The molecular weight excluding hydrogens is 342 g/mol. The fraction of sp³-hybridized carbons (Fsp3) is 0.318. The largest absolute Gasteiger partial charge is 0.497 e. The molecule has 0 saturated heterocycles. The highest BCUT2D eigenvalue weighted by Gasteiger charge is 2.11. The van der Waals surface area contributed by atoms with Gasteiger partial charge in [-0.15, -0.1) is 0 Å². The van der Waals surface area contributed by atoms with Crippen LogP contribution in [0.1, 0.15) is 22.3 Å². The van der Waals surface area contributed by atoms with Gasteiger partial charge in [0.15, 0.2) is 5.78 Å². The average Bonchev–Trinajstić information content (AvgIpc) is 2.69. The molecule has 0 N–H and O–H groups in total. The predicted molar refractivity (Wildman–Crippen MR) is 108 cm³/mol. The van der Waals surface area contributed by atoms with Crippen LogP contribution in [0.4, 0.5) is 0 Å². The zero-order valence-electron chi connectivity index (χ0n) is 16.4. The first kappa shape index (κ1) is 20.5. The van der Waals surface area contributed by atoms with Crippen molar-refractivity contribution < 1.29 is 19.0 Å². The highest BCUT2D eigenvalue weighted by Crippen LogP contribution is 2.26. The highest BCUT2D eigenvalue weighted by atomic mass is 16.5. The molecule has 0 aliphatic rings. The molecule has 2 rings (SSSR count). The summed E-state index contributed by atoms with van der Waals surface area (Å²) in [5.74, 6) is 1.72. The van der Waals surface area contributed by atoms with Crippen LogP contribution in [0.3, 0.4) is 0 Å². The van der Waals surface area contributed by atoms with Crippen molar-refractivity contribution in [2.75, 3.05) is 41.5 Å². The number of para-hydroxylation sites is 1. The number of allylic oxidation sites excluding steroid dienone is 1. The van der Waals surface area contributed by atoms with Crippen molar-refractivity contribution in [2.45, 2.75) is 6.42 Å². The van der Waals surface area contributed by atoms with Gasteiger partial charge < -0.3 is 19.1 Å². The van der Waals surface area contributed by atoms with Crippen molar-refractivity contribution in [1.82, 2.24) is 4.90 Å². The Morgan fingerprint density at radius 1 is 1.04 bits per heavy atom. The first-order valence-electron chi connectivity index (χ1n) is 8.86. The van der Waals surface area contributed by atoms with Gasteiger partial charge in [0.1, 0.15) is 17.2 Å². The van der Waals surface area contributed by atoms with Crippen LogP contribution in [0.5, 0.6) is 17.2 Å². The summed E-state index contributed by atoms with van der Waals surface area (Å²) in [6.07, 6.45) is 4.23. The van der Waals surface area contributed by atoms with Gasteiger partial charge in [-0.3, -0.25) is 4.79 Å². The summed E-state index contributed by atoms with van der Waals surface area (Å²) in [7, 11) is 7.18. The van der Waals surface area contributed by atoms with Crippen LogP contribution < -0.4 is 14.2 Å². The first-order chi connectivity index (χ1) is 13.0. The monoisotopic (exact) mass is 369 g/mol. The Kier molecular flexibility index (Phi) is 7.89. The first-order valence-corrected chi connectivity index (χ1v) is 8.86. The summed E-state index contributed by atoms with van der Waals surface area (Å²) < 4.78 is 16.4. The van der Waals surface area contributed by atoms with Crippen LogP contribution in [-0.4, -0.2) is 52.1 Å². The summed E-state index contributed by atoms with van der Waals surface area (Å²) in [6, 6.07) is 12.8. The number of hydrogen-bond acceptors (Lipinski definition) is 5.